The van der Waals surface area contributed by atoms with E-state index in [4.69, 9.17) is 9.47 Å². The molecule has 0 saturated heterocycles. The van der Waals surface area contributed by atoms with E-state index < -0.39 is 0 Å². The molecule has 2 rings (SSSR count). The SMILES string of the molecule is COc1cc2c(c(OC)c1)C2.Cl.N. The second-order valence-corrected chi connectivity index (χ2v) is 2.64. The molecular formula is C9H14ClNO2. The van der Waals surface area contributed by atoms with Crippen LogP contribution in [0.4, 0.5) is 0 Å². The van der Waals surface area contributed by atoms with Crippen LogP contribution in [-0.4, -0.2) is 14.2 Å². The van der Waals surface area contributed by atoms with Gasteiger partial charge in [-0.2, -0.15) is 0 Å². The predicted molar refractivity (Wildman–Crippen MR) is 54.6 cm³/mol. The molecule has 0 amide bonds. The van der Waals surface area contributed by atoms with E-state index in [9.17, 15) is 0 Å². The predicted octanol–water partition coefficient (Wildman–Crippen LogP) is 2.19. The second-order valence-electron chi connectivity index (χ2n) is 2.64. The third-order valence-corrected chi connectivity index (χ3v) is 1.97. The Morgan fingerprint density at radius 2 is 1.85 bits per heavy atom. The fourth-order valence-corrected chi connectivity index (χ4v) is 1.26. The molecule has 0 aliphatic heterocycles. The number of ether oxygens (including phenoxy) is 2. The monoisotopic (exact) mass is 203 g/mol. The van der Waals surface area contributed by atoms with Crippen molar-refractivity contribution in [3.63, 3.8) is 0 Å². The van der Waals surface area contributed by atoms with Gasteiger partial charge in [-0.15, -0.1) is 12.4 Å². The van der Waals surface area contributed by atoms with Crippen molar-refractivity contribution < 1.29 is 9.47 Å². The van der Waals surface area contributed by atoms with Gasteiger partial charge in [-0.25, -0.2) is 0 Å². The van der Waals surface area contributed by atoms with Gasteiger partial charge in [0.2, 0.25) is 0 Å². The first-order valence-electron chi connectivity index (χ1n) is 3.59. The van der Waals surface area contributed by atoms with Gasteiger partial charge < -0.3 is 15.6 Å². The van der Waals surface area contributed by atoms with Crippen LogP contribution in [0.25, 0.3) is 0 Å². The summed E-state index contributed by atoms with van der Waals surface area (Å²) in [6.07, 6.45) is 1.06. The second kappa shape index (κ2) is 4.35. The lowest BCUT2D eigenvalue weighted by atomic mass is 10.3. The summed E-state index contributed by atoms with van der Waals surface area (Å²) in [6.45, 7) is 0. The van der Waals surface area contributed by atoms with Crippen LogP contribution in [-0.2, 0) is 6.42 Å². The average Bonchev–Trinajstić information content (AvgIpc) is 2.80. The van der Waals surface area contributed by atoms with Crippen LogP contribution in [0, 0.1) is 0 Å². The molecule has 1 aliphatic carbocycles. The molecule has 0 bridgehead atoms. The summed E-state index contributed by atoms with van der Waals surface area (Å²) in [5.41, 5.74) is 2.68. The zero-order valence-corrected chi connectivity index (χ0v) is 8.61. The molecule has 0 heterocycles. The van der Waals surface area contributed by atoms with Crippen molar-refractivity contribution in [3.8, 4) is 11.5 Å². The molecule has 0 radical (unpaired) electrons. The zero-order valence-electron chi connectivity index (χ0n) is 7.79. The van der Waals surface area contributed by atoms with Crippen LogP contribution in [0.3, 0.4) is 0 Å². The van der Waals surface area contributed by atoms with Crippen molar-refractivity contribution in [2.75, 3.05) is 14.2 Å². The number of methoxy groups -OCH3 is 2. The normalized spacial score (nSPS) is 10.3. The number of halogens is 1. The Balaban J connectivity index is 0.000000720. The molecule has 1 aromatic rings. The van der Waals surface area contributed by atoms with Gasteiger partial charge in [-0.1, -0.05) is 0 Å². The third-order valence-electron chi connectivity index (χ3n) is 1.97. The molecule has 0 atom stereocenters. The Kier molecular flexibility index (Phi) is 4.04. The largest absolute Gasteiger partial charge is 0.497 e. The molecule has 0 saturated carbocycles. The van der Waals surface area contributed by atoms with Crippen LogP contribution >= 0.6 is 12.4 Å². The first kappa shape index (κ1) is 12.1. The minimum atomic E-state index is 0. The smallest absolute Gasteiger partial charge is 0.126 e. The van der Waals surface area contributed by atoms with Gasteiger partial charge in [-0.3, -0.25) is 0 Å². The van der Waals surface area contributed by atoms with E-state index in [1.54, 1.807) is 14.2 Å². The highest BCUT2D eigenvalue weighted by Gasteiger charge is 2.23. The molecule has 0 unspecified atom stereocenters. The molecule has 1 aromatic carbocycles. The van der Waals surface area contributed by atoms with E-state index in [0.29, 0.717) is 0 Å². The Morgan fingerprint density at radius 3 is 2.38 bits per heavy atom. The molecule has 13 heavy (non-hydrogen) atoms. The van der Waals surface area contributed by atoms with Gasteiger partial charge in [0.1, 0.15) is 11.5 Å². The van der Waals surface area contributed by atoms with Crippen LogP contribution in [0.1, 0.15) is 11.1 Å². The van der Waals surface area contributed by atoms with Gasteiger partial charge in [0.15, 0.2) is 0 Å². The van der Waals surface area contributed by atoms with Gasteiger partial charge in [0, 0.05) is 18.1 Å². The topological polar surface area (TPSA) is 53.5 Å². The summed E-state index contributed by atoms with van der Waals surface area (Å²) < 4.78 is 10.3. The highest BCUT2D eigenvalue weighted by Crippen LogP contribution is 2.40. The number of rotatable bonds is 2. The van der Waals surface area contributed by atoms with Crippen molar-refractivity contribution in [2.24, 2.45) is 0 Å². The molecule has 74 valence electrons. The molecule has 4 heteroatoms. The Morgan fingerprint density at radius 1 is 1.15 bits per heavy atom. The van der Waals surface area contributed by atoms with Crippen LogP contribution in [0.2, 0.25) is 0 Å². The number of hydrogen-bond acceptors (Lipinski definition) is 3. The zero-order chi connectivity index (χ0) is 7.84. The Hall–Kier alpha value is -0.930. The minimum absolute atomic E-state index is 0. The van der Waals surface area contributed by atoms with Crippen molar-refractivity contribution in [1.29, 1.82) is 0 Å². The third kappa shape index (κ3) is 2.05. The lowest BCUT2D eigenvalue weighted by Crippen LogP contribution is -1.85. The number of fused-ring (bicyclic) bond motifs is 1. The summed E-state index contributed by atoms with van der Waals surface area (Å²) >= 11 is 0. The Bertz CT molecular complexity index is 302. The fraction of sp³-hybridized carbons (Fsp3) is 0.333. The molecule has 1 aliphatic rings. The number of benzene rings is 1. The van der Waals surface area contributed by atoms with Gasteiger partial charge >= 0.3 is 0 Å². The average molecular weight is 204 g/mol. The van der Waals surface area contributed by atoms with Gasteiger partial charge in [0.05, 0.1) is 14.2 Å². The highest BCUT2D eigenvalue weighted by molar-refractivity contribution is 5.85. The van der Waals surface area contributed by atoms with Gasteiger partial charge in [-0.05, 0) is 11.6 Å². The quantitative estimate of drug-likeness (QED) is 0.814. The van der Waals surface area contributed by atoms with E-state index in [0.717, 1.165) is 17.9 Å². The molecule has 0 spiro atoms. The summed E-state index contributed by atoms with van der Waals surface area (Å²) in [4.78, 5) is 0. The van der Waals surface area contributed by atoms with Crippen molar-refractivity contribution in [3.05, 3.63) is 23.3 Å². The molecule has 3 N–H and O–H groups in total. The van der Waals surface area contributed by atoms with Crippen molar-refractivity contribution >= 4 is 12.4 Å². The number of hydrogen-bond donors (Lipinski definition) is 1. The first-order chi connectivity index (χ1) is 5.35. The summed E-state index contributed by atoms with van der Waals surface area (Å²) in [5, 5.41) is 0. The molecular weight excluding hydrogens is 190 g/mol. The van der Waals surface area contributed by atoms with Gasteiger partial charge in [0.25, 0.3) is 0 Å². The standard InChI is InChI=1S/C9H10O2.ClH.H3N/c1-10-7-3-6-4-8(6)9(5-7)11-2;;/h3,5H,4H2,1-2H3;1H;1H3. The molecule has 0 aromatic heterocycles. The summed E-state index contributed by atoms with van der Waals surface area (Å²) in [6, 6.07) is 3.98. The lowest BCUT2D eigenvalue weighted by molar-refractivity contribution is 0.394. The molecule has 3 nitrogen and oxygen atoms in total. The van der Waals surface area contributed by atoms with E-state index in [1.165, 1.54) is 11.1 Å². The minimum Gasteiger partial charge on any atom is -0.497 e. The van der Waals surface area contributed by atoms with Crippen LogP contribution in [0.15, 0.2) is 12.1 Å². The van der Waals surface area contributed by atoms with Crippen molar-refractivity contribution in [1.82, 2.24) is 6.15 Å². The fourth-order valence-electron chi connectivity index (χ4n) is 1.26. The highest BCUT2D eigenvalue weighted by atomic mass is 35.5. The summed E-state index contributed by atoms with van der Waals surface area (Å²) in [5.74, 6) is 1.84. The van der Waals surface area contributed by atoms with E-state index in [-0.39, 0.29) is 18.6 Å². The van der Waals surface area contributed by atoms with E-state index >= 15 is 0 Å². The first-order valence-corrected chi connectivity index (χ1v) is 3.59. The summed E-state index contributed by atoms with van der Waals surface area (Å²) in [7, 11) is 3.36. The van der Waals surface area contributed by atoms with Crippen molar-refractivity contribution in [2.45, 2.75) is 6.42 Å². The maximum Gasteiger partial charge on any atom is 0.126 e. The molecule has 0 fully saturated rings. The lowest BCUT2D eigenvalue weighted by Gasteiger charge is -2.01. The maximum atomic E-state index is 5.16. The van der Waals surface area contributed by atoms with E-state index in [1.807, 2.05) is 6.07 Å². The van der Waals surface area contributed by atoms with Crippen LogP contribution in [0.5, 0.6) is 11.5 Å². The maximum absolute atomic E-state index is 5.16. The van der Waals surface area contributed by atoms with E-state index in [2.05, 4.69) is 6.07 Å². The van der Waals surface area contributed by atoms with Crippen LogP contribution < -0.4 is 15.6 Å². The Labute approximate surface area is 84.0 Å².